The Bertz CT molecular complexity index is 466. The predicted molar refractivity (Wildman–Crippen MR) is 56.2 cm³/mol. The maximum Gasteiger partial charge on any atom is 0.573 e. The lowest BCUT2D eigenvalue weighted by molar-refractivity contribution is -0.274. The molecule has 0 aromatic heterocycles. The maximum absolute atomic E-state index is 12.0. The van der Waals surface area contributed by atoms with E-state index in [1.54, 1.807) is 0 Å². The number of benzene rings is 1. The average molecular weight is 282 g/mol. The van der Waals surface area contributed by atoms with Crippen LogP contribution in [0.2, 0.25) is 0 Å². The van der Waals surface area contributed by atoms with Crippen molar-refractivity contribution in [3.8, 4) is 5.75 Å². The first kappa shape index (κ1) is 13.0. The van der Waals surface area contributed by atoms with Gasteiger partial charge in [0.2, 0.25) is 5.56 Å². The van der Waals surface area contributed by atoms with Gasteiger partial charge in [-0.15, -0.1) is 13.2 Å². The molecule has 1 amide bonds. The fourth-order valence-electron chi connectivity index (χ4n) is 1.45. The highest BCUT2D eigenvalue weighted by Crippen LogP contribution is 2.29. The van der Waals surface area contributed by atoms with Crippen molar-refractivity contribution in [2.45, 2.75) is 11.9 Å². The van der Waals surface area contributed by atoms with E-state index in [9.17, 15) is 18.0 Å². The summed E-state index contributed by atoms with van der Waals surface area (Å²) in [6, 6.07) is 5.02. The standard InChI is InChI=1S/C10H7ClF3NO3/c11-8-9(16)15(5-17-8)6-2-1-3-7(4-6)18-10(12,13)14/h1-4,8H,5H2. The normalized spacial score (nSPS) is 20.3. The minimum Gasteiger partial charge on any atom is -0.406 e. The molecule has 1 aromatic carbocycles. The van der Waals surface area contributed by atoms with Gasteiger partial charge in [-0.1, -0.05) is 17.7 Å². The van der Waals surface area contributed by atoms with Gasteiger partial charge in [-0.25, -0.2) is 0 Å². The monoisotopic (exact) mass is 281 g/mol. The number of halogens is 4. The lowest BCUT2D eigenvalue weighted by Crippen LogP contribution is -2.27. The van der Waals surface area contributed by atoms with Crippen LogP contribution < -0.4 is 9.64 Å². The molecule has 4 nitrogen and oxygen atoms in total. The molecule has 1 aliphatic heterocycles. The zero-order valence-corrected chi connectivity index (χ0v) is 9.53. The van der Waals surface area contributed by atoms with Gasteiger partial charge >= 0.3 is 6.36 Å². The summed E-state index contributed by atoms with van der Waals surface area (Å²) in [4.78, 5) is 12.6. The molecule has 1 saturated heterocycles. The number of nitrogens with zero attached hydrogens (tertiary/aromatic N) is 1. The molecule has 1 fully saturated rings. The van der Waals surface area contributed by atoms with Crippen molar-refractivity contribution in [3.63, 3.8) is 0 Å². The molecule has 1 unspecified atom stereocenters. The second-order valence-corrected chi connectivity index (χ2v) is 3.82. The Morgan fingerprint density at radius 2 is 2.17 bits per heavy atom. The number of carbonyl (C=O) groups excluding carboxylic acids is 1. The summed E-state index contributed by atoms with van der Waals surface area (Å²) in [5.41, 5.74) is -0.887. The van der Waals surface area contributed by atoms with Gasteiger partial charge in [0, 0.05) is 11.8 Å². The number of hydrogen-bond acceptors (Lipinski definition) is 3. The molecule has 98 valence electrons. The molecule has 0 spiro atoms. The van der Waals surface area contributed by atoms with Crippen molar-refractivity contribution in [1.29, 1.82) is 0 Å². The van der Waals surface area contributed by atoms with Gasteiger partial charge < -0.3 is 9.47 Å². The molecular formula is C10H7ClF3NO3. The molecule has 2 rings (SSSR count). The molecule has 1 heterocycles. The van der Waals surface area contributed by atoms with Crippen LogP contribution in [0.3, 0.4) is 0 Å². The van der Waals surface area contributed by atoms with Crippen LogP contribution in [0.15, 0.2) is 24.3 Å². The summed E-state index contributed by atoms with van der Waals surface area (Å²) in [6.07, 6.45) is -4.78. The van der Waals surface area contributed by atoms with E-state index in [1.807, 2.05) is 0 Å². The molecule has 18 heavy (non-hydrogen) atoms. The molecule has 0 bridgehead atoms. The quantitative estimate of drug-likeness (QED) is 0.782. The van der Waals surface area contributed by atoms with Crippen LogP contribution >= 0.6 is 11.6 Å². The van der Waals surface area contributed by atoms with Crippen LogP contribution in [0.5, 0.6) is 5.75 Å². The minimum atomic E-state index is -4.78. The van der Waals surface area contributed by atoms with Crippen molar-refractivity contribution < 1.29 is 27.4 Å². The largest absolute Gasteiger partial charge is 0.573 e. The average Bonchev–Trinajstić information content (AvgIpc) is 2.58. The van der Waals surface area contributed by atoms with Crippen LogP contribution in [0.25, 0.3) is 0 Å². The summed E-state index contributed by atoms with van der Waals surface area (Å²) in [6.45, 7) is -0.109. The molecule has 0 radical (unpaired) electrons. The highest BCUT2D eigenvalue weighted by atomic mass is 35.5. The number of rotatable bonds is 2. The third-order valence-corrected chi connectivity index (χ3v) is 2.49. The maximum atomic E-state index is 12.0. The first-order valence-electron chi connectivity index (χ1n) is 4.80. The van der Waals surface area contributed by atoms with Gasteiger partial charge in [0.05, 0.1) is 0 Å². The lowest BCUT2D eigenvalue weighted by Gasteiger charge is -2.15. The number of ether oxygens (including phenoxy) is 2. The first-order chi connectivity index (χ1) is 8.37. The van der Waals surface area contributed by atoms with Gasteiger partial charge in [0.15, 0.2) is 0 Å². The SMILES string of the molecule is O=C1C(Cl)OCN1c1cccc(OC(F)(F)F)c1. The zero-order chi connectivity index (χ0) is 13.3. The Morgan fingerprint density at radius 1 is 1.44 bits per heavy atom. The van der Waals surface area contributed by atoms with Crippen molar-refractivity contribution in [1.82, 2.24) is 0 Å². The summed E-state index contributed by atoms with van der Waals surface area (Å²) in [7, 11) is 0. The molecule has 8 heteroatoms. The molecule has 0 saturated carbocycles. The van der Waals surface area contributed by atoms with Crippen molar-refractivity contribution >= 4 is 23.2 Å². The van der Waals surface area contributed by atoms with E-state index in [2.05, 4.69) is 4.74 Å². The van der Waals surface area contributed by atoms with Gasteiger partial charge in [-0.2, -0.15) is 0 Å². The fraction of sp³-hybridized carbons (Fsp3) is 0.300. The zero-order valence-electron chi connectivity index (χ0n) is 8.78. The Balaban J connectivity index is 2.20. The molecule has 1 atom stereocenters. The second kappa shape index (κ2) is 4.66. The van der Waals surface area contributed by atoms with Gasteiger partial charge in [0.25, 0.3) is 5.91 Å². The Kier molecular flexibility index (Phi) is 3.36. The van der Waals surface area contributed by atoms with E-state index in [0.717, 1.165) is 17.0 Å². The van der Waals surface area contributed by atoms with E-state index < -0.39 is 23.6 Å². The number of carbonyl (C=O) groups is 1. The molecule has 0 N–H and O–H groups in total. The van der Waals surface area contributed by atoms with Crippen LogP contribution in [0, 0.1) is 0 Å². The summed E-state index contributed by atoms with van der Waals surface area (Å²) < 4.78 is 44.7. The van der Waals surface area contributed by atoms with Crippen LogP contribution in [-0.2, 0) is 9.53 Å². The van der Waals surface area contributed by atoms with E-state index >= 15 is 0 Å². The Hall–Kier alpha value is -1.47. The van der Waals surface area contributed by atoms with Crippen molar-refractivity contribution in [2.75, 3.05) is 11.6 Å². The molecular weight excluding hydrogens is 275 g/mol. The van der Waals surface area contributed by atoms with Crippen molar-refractivity contribution in [3.05, 3.63) is 24.3 Å². The smallest absolute Gasteiger partial charge is 0.406 e. The van der Waals surface area contributed by atoms with E-state index in [-0.39, 0.29) is 12.4 Å². The first-order valence-corrected chi connectivity index (χ1v) is 5.23. The van der Waals surface area contributed by atoms with Gasteiger partial charge in [0.1, 0.15) is 12.5 Å². The topological polar surface area (TPSA) is 38.8 Å². The van der Waals surface area contributed by atoms with E-state index in [0.29, 0.717) is 0 Å². The highest BCUT2D eigenvalue weighted by molar-refractivity contribution is 6.32. The summed E-state index contributed by atoms with van der Waals surface area (Å²) in [5.74, 6) is -0.938. The lowest BCUT2D eigenvalue weighted by atomic mass is 10.3. The number of amides is 1. The molecule has 1 aromatic rings. The fourth-order valence-corrected chi connectivity index (χ4v) is 1.62. The third kappa shape index (κ3) is 2.85. The summed E-state index contributed by atoms with van der Waals surface area (Å²) in [5, 5.41) is 0. The molecule has 1 aliphatic rings. The third-order valence-electron chi connectivity index (χ3n) is 2.17. The van der Waals surface area contributed by atoms with E-state index in [4.69, 9.17) is 16.3 Å². The highest BCUT2D eigenvalue weighted by Gasteiger charge is 2.33. The van der Waals surface area contributed by atoms with Gasteiger partial charge in [-0.05, 0) is 12.1 Å². The van der Waals surface area contributed by atoms with Crippen LogP contribution in [0.4, 0.5) is 18.9 Å². The van der Waals surface area contributed by atoms with Gasteiger partial charge in [-0.3, -0.25) is 9.69 Å². The van der Waals surface area contributed by atoms with E-state index in [1.165, 1.54) is 12.1 Å². The second-order valence-electron chi connectivity index (χ2n) is 3.42. The predicted octanol–water partition coefficient (Wildman–Crippen LogP) is 2.47. The Morgan fingerprint density at radius 3 is 2.72 bits per heavy atom. The number of anilines is 1. The number of hydrogen-bond donors (Lipinski definition) is 0. The minimum absolute atomic E-state index is 0.109. The van der Waals surface area contributed by atoms with Crippen LogP contribution in [-0.4, -0.2) is 24.6 Å². The number of alkyl halides is 4. The molecule has 0 aliphatic carbocycles. The van der Waals surface area contributed by atoms with Crippen LogP contribution in [0.1, 0.15) is 0 Å². The Labute approximate surface area is 105 Å². The summed E-state index contributed by atoms with van der Waals surface area (Å²) >= 11 is 5.53. The van der Waals surface area contributed by atoms with Crippen molar-refractivity contribution in [2.24, 2.45) is 0 Å².